The number of halogens is 2. The third kappa shape index (κ3) is 1.87. The molecule has 0 spiro atoms. The molecule has 1 N–H and O–H groups in total. The number of carboxylic acids is 1. The molecule has 1 heterocycles. The van der Waals surface area contributed by atoms with Crippen molar-refractivity contribution >= 4 is 17.6 Å². The Bertz CT molecular complexity index is 555. The van der Waals surface area contributed by atoms with Crippen LogP contribution in [-0.2, 0) is 0 Å². The van der Waals surface area contributed by atoms with Gasteiger partial charge in [-0.2, -0.15) is 4.98 Å². The van der Waals surface area contributed by atoms with Gasteiger partial charge < -0.3 is 9.63 Å². The van der Waals surface area contributed by atoms with Gasteiger partial charge >= 0.3 is 5.97 Å². The summed E-state index contributed by atoms with van der Waals surface area (Å²) in [6.07, 6.45) is 0. The fourth-order valence-corrected chi connectivity index (χ4v) is 1.28. The highest BCUT2D eigenvalue weighted by molar-refractivity contribution is 6.33. The van der Waals surface area contributed by atoms with Crippen molar-refractivity contribution in [2.75, 3.05) is 0 Å². The highest BCUT2D eigenvalue weighted by atomic mass is 35.5. The maximum atomic E-state index is 12.9. The number of rotatable bonds is 2. The average molecular weight is 243 g/mol. The molecule has 2 rings (SSSR count). The van der Waals surface area contributed by atoms with E-state index >= 15 is 0 Å². The summed E-state index contributed by atoms with van der Waals surface area (Å²) in [4.78, 5) is 14.1. The number of aromatic carboxylic acids is 1. The smallest absolute Gasteiger partial charge is 0.377 e. The molecule has 1 aromatic carbocycles. The molecule has 7 heteroatoms. The fraction of sp³-hybridized carbons (Fsp3) is 0. The van der Waals surface area contributed by atoms with Crippen LogP contribution in [0.25, 0.3) is 11.5 Å². The standard InChI is InChI=1S/C9H4ClFN2O3/c10-6-2-1-4(11)3-5(6)8-12-7(9(14)15)13-16-8/h1-3H,(H,14,15). The minimum Gasteiger partial charge on any atom is -0.475 e. The van der Waals surface area contributed by atoms with Gasteiger partial charge in [-0.3, -0.25) is 0 Å². The number of benzene rings is 1. The summed E-state index contributed by atoms with van der Waals surface area (Å²) >= 11 is 5.78. The van der Waals surface area contributed by atoms with Crippen molar-refractivity contribution in [3.8, 4) is 11.5 Å². The second-order valence-corrected chi connectivity index (χ2v) is 3.26. The van der Waals surface area contributed by atoms with Crippen molar-refractivity contribution in [1.82, 2.24) is 10.1 Å². The molecule has 0 amide bonds. The summed E-state index contributed by atoms with van der Waals surface area (Å²) in [6, 6.07) is 3.57. The van der Waals surface area contributed by atoms with Gasteiger partial charge in [0.25, 0.3) is 11.7 Å². The van der Waals surface area contributed by atoms with Gasteiger partial charge in [0.15, 0.2) is 0 Å². The first-order chi connectivity index (χ1) is 7.58. The van der Waals surface area contributed by atoms with Crippen molar-refractivity contribution in [2.45, 2.75) is 0 Å². The van der Waals surface area contributed by atoms with E-state index in [4.69, 9.17) is 16.7 Å². The van der Waals surface area contributed by atoms with E-state index in [0.29, 0.717) is 0 Å². The monoisotopic (exact) mass is 242 g/mol. The Morgan fingerprint density at radius 3 is 2.88 bits per heavy atom. The molecule has 0 saturated carbocycles. The Labute approximate surface area is 93.5 Å². The molecule has 5 nitrogen and oxygen atoms in total. The molecule has 0 aliphatic heterocycles. The lowest BCUT2D eigenvalue weighted by molar-refractivity contribution is 0.0680. The lowest BCUT2D eigenvalue weighted by atomic mass is 10.2. The van der Waals surface area contributed by atoms with Gasteiger partial charge in [0, 0.05) is 0 Å². The molecule has 2 aromatic rings. The van der Waals surface area contributed by atoms with Gasteiger partial charge in [-0.1, -0.05) is 11.6 Å². The molecular formula is C9H4ClFN2O3. The molecule has 16 heavy (non-hydrogen) atoms. The van der Waals surface area contributed by atoms with Gasteiger partial charge in [-0.05, 0) is 23.4 Å². The van der Waals surface area contributed by atoms with Crippen molar-refractivity contribution in [3.63, 3.8) is 0 Å². The van der Waals surface area contributed by atoms with E-state index in [1.54, 1.807) is 0 Å². The molecule has 1 aromatic heterocycles. The van der Waals surface area contributed by atoms with E-state index in [2.05, 4.69) is 14.7 Å². The van der Waals surface area contributed by atoms with Crippen molar-refractivity contribution < 1.29 is 18.8 Å². The maximum Gasteiger partial charge on any atom is 0.377 e. The summed E-state index contributed by atoms with van der Waals surface area (Å²) in [5, 5.41) is 12.0. The van der Waals surface area contributed by atoms with Crippen LogP contribution in [0.1, 0.15) is 10.6 Å². The quantitative estimate of drug-likeness (QED) is 0.874. The van der Waals surface area contributed by atoms with Crippen LogP contribution in [0.3, 0.4) is 0 Å². The van der Waals surface area contributed by atoms with Gasteiger partial charge in [0.05, 0.1) is 10.6 Å². The fourth-order valence-electron chi connectivity index (χ4n) is 1.08. The van der Waals surface area contributed by atoms with Crippen LogP contribution in [0.2, 0.25) is 5.02 Å². The Hall–Kier alpha value is -1.95. The Morgan fingerprint density at radius 2 is 2.25 bits per heavy atom. The van der Waals surface area contributed by atoms with E-state index in [1.807, 2.05) is 0 Å². The lowest BCUT2D eigenvalue weighted by Crippen LogP contribution is -1.98. The minimum atomic E-state index is -1.33. The first-order valence-electron chi connectivity index (χ1n) is 4.10. The van der Waals surface area contributed by atoms with Crippen LogP contribution in [0.15, 0.2) is 22.7 Å². The number of carboxylic acid groups (broad SMARTS) is 1. The average Bonchev–Trinajstić information content (AvgIpc) is 2.70. The van der Waals surface area contributed by atoms with Crippen molar-refractivity contribution in [2.24, 2.45) is 0 Å². The third-order valence-corrected chi connectivity index (χ3v) is 2.11. The highest BCUT2D eigenvalue weighted by Gasteiger charge is 2.16. The summed E-state index contributed by atoms with van der Waals surface area (Å²) < 4.78 is 17.6. The van der Waals surface area contributed by atoms with Crippen molar-refractivity contribution in [3.05, 3.63) is 34.9 Å². The van der Waals surface area contributed by atoms with Crippen LogP contribution >= 0.6 is 11.6 Å². The number of carbonyl (C=O) groups is 1. The lowest BCUT2D eigenvalue weighted by Gasteiger charge is -1.97. The van der Waals surface area contributed by atoms with Gasteiger partial charge in [-0.25, -0.2) is 9.18 Å². The Kier molecular flexibility index (Phi) is 2.57. The zero-order chi connectivity index (χ0) is 11.7. The normalized spacial score (nSPS) is 10.4. The third-order valence-electron chi connectivity index (χ3n) is 1.78. The van der Waals surface area contributed by atoms with Crippen LogP contribution in [0.5, 0.6) is 0 Å². The number of aromatic nitrogens is 2. The van der Waals surface area contributed by atoms with E-state index in [9.17, 15) is 9.18 Å². The second-order valence-electron chi connectivity index (χ2n) is 2.85. The van der Waals surface area contributed by atoms with Gasteiger partial charge in [0.1, 0.15) is 5.82 Å². The van der Waals surface area contributed by atoms with Crippen LogP contribution in [-0.4, -0.2) is 21.2 Å². The molecule has 0 radical (unpaired) electrons. The van der Waals surface area contributed by atoms with E-state index in [0.717, 1.165) is 6.07 Å². The van der Waals surface area contributed by atoms with Crippen LogP contribution in [0.4, 0.5) is 4.39 Å². The van der Waals surface area contributed by atoms with Gasteiger partial charge in [-0.15, -0.1) is 0 Å². The van der Waals surface area contributed by atoms with Crippen LogP contribution in [0, 0.1) is 5.82 Å². The Balaban J connectivity index is 2.50. The molecule has 82 valence electrons. The largest absolute Gasteiger partial charge is 0.475 e. The van der Waals surface area contributed by atoms with Crippen LogP contribution < -0.4 is 0 Å². The topological polar surface area (TPSA) is 76.2 Å². The number of nitrogens with zero attached hydrogens (tertiary/aromatic N) is 2. The van der Waals surface area contributed by atoms with E-state index in [-0.39, 0.29) is 16.5 Å². The minimum absolute atomic E-state index is 0.137. The molecule has 0 atom stereocenters. The predicted octanol–water partition coefficient (Wildman–Crippen LogP) is 2.23. The SMILES string of the molecule is O=C(O)c1noc(-c2cc(F)ccc2Cl)n1. The summed E-state index contributed by atoms with van der Waals surface area (Å²) in [6.45, 7) is 0. The molecule has 0 unspecified atom stereocenters. The zero-order valence-corrected chi connectivity index (χ0v) is 8.40. The predicted molar refractivity (Wildman–Crippen MR) is 51.7 cm³/mol. The second kappa shape index (κ2) is 3.90. The van der Waals surface area contributed by atoms with Gasteiger partial charge in [0.2, 0.25) is 0 Å². The molecule has 0 aliphatic rings. The van der Waals surface area contributed by atoms with Crippen molar-refractivity contribution in [1.29, 1.82) is 0 Å². The first kappa shape index (κ1) is 10.6. The summed E-state index contributed by atoms with van der Waals surface area (Å²) in [5.41, 5.74) is 0.154. The zero-order valence-electron chi connectivity index (χ0n) is 7.65. The maximum absolute atomic E-state index is 12.9. The molecule has 0 bridgehead atoms. The highest BCUT2D eigenvalue weighted by Crippen LogP contribution is 2.27. The summed E-state index contributed by atoms with van der Waals surface area (Å²) in [5.74, 6) is -2.51. The van der Waals surface area contributed by atoms with E-state index < -0.39 is 17.6 Å². The molecule has 0 saturated heterocycles. The Morgan fingerprint density at radius 1 is 1.50 bits per heavy atom. The molecular weight excluding hydrogens is 239 g/mol. The summed E-state index contributed by atoms with van der Waals surface area (Å²) in [7, 11) is 0. The molecule has 0 aliphatic carbocycles. The van der Waals surface area contributed by atoms with E-state index in [1.165, 1.54) is 12.1 Å². The number of hydrogen-bond donors (Lipinski definition) is 1. The molecule has 0 fully saturated rings. The first-order valence-corrected chi connectivity index (χ1v) is 4.48. The number of hydrogen-bond acceptors (Lipinski definition) is 4.